The van der Waals surface area contributed by atoms with Gasteiger partial charge in [-0.1, -0.05) is 23.7 Å². The van der Waals surface area contributed by atoms with Crippen molar-refractivity contribution in [3.8, 4) is 5.75 Å². The van der Waals surface area contributed by atoms with E-state index >= 15 is 0 Å². The zero-order valence-corrected chi connectivity index (χ0v) is 13.5. The van der Waals surface area contributed by atoms with E-state index in [9.17, 15) is 14.0 Å². The van der Waals surface area contributed by atoms with Gasteiger partial charge in [0, 0.05) is 0 Å². The number of aliphatic carboxylic acids is 1. The first-order valence-corrected chi connectivity index (χ1v) is 7.40. The highest BCUT2D eigenvalue weighted by Crippen LogP contribution is 2.23. The number of ether oxygens (including phenoxy) is 1. The minimum absolute atomic E-state index is 0.0451. The van der Waals surface area contributed by atoms with Crippen LogP contribution in [0, 0.1) is 5.82 Å². The van der Waals surface area contributed by atoms with Crippen molar-refractivity contribution in [1.82, 2.24) is 5.32 Å². The average Bonchev–Trinajstić information content (AvgIpc) is 2.53. The van der Waals surface area contributed by atoms with Crippen LogP contribution in [-0.4, -0.2) is 24.1 Å². The van der Waals surface area contributed by atoms with E-state index in [0.717, 1.165) is 12.1 Å². The first kappa shape index (κ1) is 17.7. The molecule has 0 aliphatic rings. The quantitative estimate of drug-likeness (QED) is 0.836. The number of hydrogen-bond donors (Lipinski definition) is 2. The molecule has 24 heavy (non-hydrogen) atoms. The minimum atomic E-state index is -1.07. The largest absolute Gasteiger partial charge is 0.497 e. The van der Waals surface area contributed by atoms with Crippen LogP contribution in [-0.2, 0) is 4.79 Å². The van der Waals surface area contributed by atoms with Gasteiger partial charge in [0.15, 0.2) is 0 Å². The third-order valence-corrected chi connectivity index (χ3v) is 3.69. The molecule has 0 aliphatic carbocycles. The van der Waals surface area contributed by atoms with E-state index in [4.69, 9.17) is 21.4 Å². The van der Waals surface area contributed by atoms with Gasteiger partial charge in [-0.15, -0.1) is 0 Å². The maximum atomic E-state index is 13.1. The predicted octanol–water partition coefficient (Wildman–Crippen LogP) is 3.43. The molecule has 1 amide bonds. The van der Waals surface area contributed by atoms with Crippen LogP contribution < -0.4 is 10.1 Å². The molecule has 2 rings (SSSR count). The maximum Gasteiger partial charge on any atom is 0.305 e. The van der Waals surface area contributed by atoms with Gasteiger partial charge in [-0.25, -0.2) is 4.39 Å². The summed E-state index contributed by atoms with van der Waals surface area (Å²) < 4.78 is 18.1. The van der Waals surface area contributed by atoms with E-state index in [1.807, 2.05) is 0 Å². The lowest BCUT2D eigenvalue weighted by Gasteiger charge is -2.18. The van der Waals surface area contributed by atoms with Crippen molar-refractivity contribution in [3.05, 3.63) is 64.4 Å². The van der Waals surface area contributed by atoms with E-state index in [1.165, 1.54) is 13.2 Å². The van der Waals surface area contributed by atoms with Crippen molar-refractivity contribution in [2.45, 2.75) is 12.5 Å². The molecule has 1 atom stereocenters. The van der Waals surface area contributed by atoms with Gasteiger partial charge in [0.2, 0.25) is 0 Å². The molecule has 2 N–H and O–H groups in total. The lowest BCUT2D eigenvalue weighted by molar-refractivity contribution is -0.137. The van der Waals surface area contributed by atoms with E-state index in [-0.39, 0.29) is 17.0 Å². The third kappa shape index (κ3) is 4.45. The summed E-state index contributed by atoms with van der Waals surface area (Å²) in [6, 6.07) is 9.29. The molecular formula is C17H15ClFNO4. The van der Waals surface area contributed by atoms with Crippen molar-refractivity contribution in [3.63, 3.8) is 0 Å². The Morgan fingerprint density at radius 3 is 2.46 bits per heavy atom. The fraction of sp³-hybridized carbons (Fsp3) is 0.176. The normalized spacial score (nSPS) is 11.6. The van der Waals surface area contributed by atoms with Crippen molar-refractivity contribution in [2.75, 3.05) is 7.11 Å². The third-order valence-electron chi connectivity index (χ3n) is 3.38. The number of nitrogens with one attached hydrogen (secondary N) is 1. The highest BCUT2D eigenvalue weighted by Gasteiger charge is 2.20. The molecule has 0 saturated heterocycles. The first-order chi connectivity index (χ1) is 11.4. The fourth-order valence-corrected chi connectivity index (χ4v) is 2.43. The smallest absolute Gasteiger partial charge is 0.305 e. The van der Waals surface area contributed by atoms with Crippen LogP contribution in [0.3, 0.4) is 0 Å². The summed E-state index contributed by atoms with van der Waals surface area (Å²) in [6.07, 6.45) is -0.309. The van der Waals surface area contributed by atoms with Gasteiger partial charge >= 0.3 is 5.97 Å². The highest BCUT2D eigenvalue weighted by atomic mass is 35.5. The molecule has 0 saturated carbocycles. The van der Waals surface area contributed by atoms with Crippen LogP contribution >= 0.6 is 11.6 Å². The Morgan fingerprint density at radius 2 is 1.92 bits per heavy atom. The lowest BCUT2D eigenvalue weighted by atomic mass is 10.0. The zero-order valence-electron chi connectivity index (χ0n) is 12.8. The molecule has 0 aromatic heterocycles. The van der Waals surface area contributed by atoms with Crippen molar-refractivity contribution in [1.29, 1.82) is 0 Å². The van der Waals surface area contributed by atoms with Crippen LogP contribution in [0.1, 0.15) is 28.4 Å². The Kier molecular flexibility index (Phi) is 5.76. The van der Waals surface area contributed by atoms with Crippen molar-refractivity contribution < 1.29 is 23.8 Å². The summed E-state index contributed by atoms with van der Waals surface area (Å²) in [5.41, 5.74) is 0.673. The zero-order chi connectivity index (χ0) is 17.7. The van der Waals surface area contributed by atoms with E-state index in [1.54, 1.807) is 24.3 Å². The molecule has 0 bridgehead atoms. The monoisotopic (exact) mass is 351 g/mol. The van der Waals surface area contributed by atoms with Gasteiger partial charge in [-0.2, -0.15) is 0 Å². The predicted molar refractivity (Wildman–Crippen MR) is 86.9 cm³/mol. The lowest BCUT2D eigenvalue weighted by Crippen LogP contribution is -2.30. The fourth-order valence-electron chi connectivity index (χ4n) is 2.17. The van der Waals surface area contributed by atoms with Crippen molar-refractivity contribution >= 4 is 23.5 Å². The highest BCUT2D eigenvalue weighted by molar-refractivity contribution is 6.33. The van der Waals surface area contributed by atoms with Gasteiger partial charge in [0.25, 0.3) is 5.91 Å². The number of carboxylic acid groups (broad SMARTS) is 1. The van der Waals surface area contributed by atoms with Crippen molar-refractivity contribution in [2.24, 2.45) is 0 Å². The van der Waals surface area contributed by atoms with Crippen LogP contribution in [0.5, 0.6) is 5.75 Å². The SMILES string of the molecule is COc1ccc([C@@H](CC(=O)O)NC(=O)c2ccc(F)cc2Cl)cc1. The second-order valence-electron chi connectivity index (χ2n) is 5.02. The molecule has 0 heterocycles. The molecule has 0 radical (unpaired) electrons. The van der Waals surface area contributed by atoms with Gasteiger partial charge in [-0.3, -0.25) is 9.59 Å². The van der Waals surface area contributed by atoms with Crippen LogP contribution in [0.25, 0.3) is 0 Å². The van der Waals surface area contributed by atoms with Gasteiger partial charge in [0.1, 0.15) is 11.6 Å². The van der Waals surface area contributed by atoms with Crippen LogP contribution in [0.2, 0.25) is 5.02 Å². The Morgan fingerprint density at radius 1 is 1.25 bits per heavy atom. The summed E-state index contributed by atoms with van der Waals surface area (Å²) in [4.78, 5) is 23.4. The molecule has 5 nitrogen and oxygen atoms in total. The van der Waals surface area contributed by atoms with Crippen LogP contribution in [0.15, 0.2) is 42.5 Å². The number of hydrogen-bond acceptors (Lipinski definition) is 3. The average molecular weight is 352 g/mol. The molecular weight excluding hydrogens is 337 g/mol. The van der Waals surface area contributed by atoms with Gasteiger partial charge in [-0.05, 0) is 35.9 Å². The molecule has 0 unspecified atom stereocenters. The van der Waals surface area contributed by atoms with Gasteiger partial charge in [0.05, 0.1) is 30.2 Å². The first-order valence-electron chi connectivity index (χ1n) is 7.02. The van der Waals surface area contributed by atoms with Gasteiger partial charge < -0.3 is 15.2 Å². The number of methoxy groups -OCH3 is 1. The van der Waals surface area contributed by atoms with Crippen LogP contribution in [0.4, 0.5) is 4.39 Å². The standard InChI is InChI=1S/C17H15ClFNO4/c1-24-12-5-2-10(3-6-12)15(9-16(21)22)20-17(23)13-7-4-11(19)8-14(13)18/h2-8,15H,9H2,1H3,(H,20,23)(H,21,22)/t15-/m1/s1. The number of halogens is 2. The molecule has 0 fully saturated rings. The summed E-state index contributed by atoms with van der Waals surface area (Å²) in [6.45, 7) is 0. The number of benzene rings is 2. The summed E-state index contributed by atoms with van der Waals surface area (Å²) in [5, 5.41) is 11.6. The maximum absolute atomic E-state index is 13.1. The summed E-state index contributed by atoms with van der Waals surface area (Å²) in [7, 11) is 1.52. The molecule has 2 aromatic rings. The minimum Gasteiger partial charge on any atom is -0.497 e. The Labute approximate surface area is 143 Å². The topological polar surface area (TPSA) is 75.6 Å². The van der Waals surface area contributed by atoms with E-state index < -0.39 is 23.7 Å². The summed E-state index contributed by atoms with van der Waals surface area (Å²) in [5.74, 6) is -1.60. The number of rotatable bonds is 6. The Hall–Kier alpha value is -2.60. The molecule has 0 spiro atoms. The second kappa shape index (κ2) is 7.79. The molecule has 2 aromatic carbocycles. The molecule has 126 valence electrons. The molecule has 7 heteroatoms. The van der Waals surface area contributed by atoms with E-state index in [2.05, 4.69) is 5.32 Å². The molecule has 0 aliphatic heterocycles. The number of amides is 1. The second-order valence-corrected chi connectivity index (χ2v) is 5.43. The van der Waals surface area contributed by atoms with E-state index in [0.29, 0.717) is 11.3 Å². The Bertz CT molecular complexity index is 749. The Balaban J connectivity index is 2.24. The number of carbonyl (C=O) groups excluding carboxylic acids is 1. The number of carboxylic acids is 1. The summed E-state index contributed by atoms with van der Waals surface area (Å²) >= 11 is 5.87. The number of carbonyl (C=O) groups is 2.